The Bertz CT molecular complexity index is 319. The van der Waals surface area contributed by atoms with Gasteiger partial charge >= 0.3 is 0 Å². The van der Waals surface area contributed by atoms with Gasteiger partial charge in [0.15, 0.2) is 0 Å². The maximum atomic E-state index is 9.40. The Kier molecular flexibility index (Phi) is 2.70. The number of rotatable bonds is 1. The number of aromatic hydroxyl groups is 1. The Hall–Kier alpha value is -1.06. The molecule has 2 N–H and O–H groups in total. The minimum Gasteiger partial charge on any atom is -0.508 e. The number of aryl methyl sites for hydroxylation is 1. The third-order valence-corrected chi connectivity index (χ3v) is 2.56. The topological polar surface area (TPSA) is 41.5 Å². The van der Waals surface area contributed by atoms with Gasteiger partial charge in [-0.2, -0.15) is 0 Å². The minimum atomic E-state index is 0.218. The van der Waals surface area contributed by atoms with Gasteiger partial charge in [-0.15, -0.1) is 0 Å². The lowest BCUT2D eigenvalue weighted by Crippen LogP contribution is -2.34. The first-order chi connectivity index (χ1) is 6.77. The van der Waals surface area contributed by atoms with Crippen LogP contribution in [-0.2, 0) is 4.74 Å². The highest BCUT2D eigenvalue weighted by molar-refractivity contribution is 5.36. The molecule has 0 aromatic heterocycles. The minimum absolute atomic E-state index is 0.218. The quantitative estimate of drug-likeness (QED) is 0.707. The lowest BCUT2D eigenvalue weighted by Gasteiger charge is -2.25. The van der Waals surface area contributed by atoms with Crippen molar-refractivity contribution in [3.05, 3.63) is 29.3 Å². The third-order valence-electron chi connectivity index (χ3n) is 2.56. The van der Waals surface area contributed by atoms with Gasteiger partial charge in [0.1, 0.15) is 5.75 Å². The molecule has 0 bridgehead atoms. The van der Waals surface area contributed by atoms with Gasteiger partial charge in [0.05, 0.1) is 19.3 Å². The molecule has 0 amide bonds. The number of hydrogen-bond donors (Lipinski definition) is 2. The molecule has 0 spiro atoms. The summed E-state index contributed by atoms with van der Waals surface area (Å²) in [6.45, 7) is 4.38. The van der Waals surface area contributed by atoms with Crippen molar-refractivity contribution in [2.75, 3.05) is 19.8 Å². The number of hydrogen-bond acceptors (Lipinski definition) is 3. The number of phenolic OH excluding ortho intramolecular Hbond substituents is 1. The maximum absolute atomic E-state index is 9.40. The van der Waals surface area contributed by atoms with Crippen molar-refractivity contribution in [1.29, 1.82) is 0 Å². The summed E-state index contributed by atoms with van der Waals surface area (Å²) in [7, 11) is 0. The van der Waals surface area contributed by atoms with Gasteiger partial charge in [-0.3, -0.25) is 0 Å². The van der Waals surface area contributed by atoms with Crippen LogP contribution in [0, 0.1) is 6.92 Å². The maximum Gasteiger partial charge on any atom is 0.115 e. The van der Waals surface area contributed by atoms with Crippen molar-refractivity contribution in [2.45, 2.75) is 13.0 Å². The lowest BCUT2D eigenvalue weighted by molar-refractivity contribution is 0.0766. The Morgan fingerprint density at radius 2 is 2.36 bits per heavy atom. The molecular weight excluding hydrogens is 178 g/mol. The van der Waals surface area contributed by atoms with E-state index in [1.54, 1.807) is 6.07 Å². The van der Waals surface area contributed by atoms with E-state index in [-0.39, 0.29) is 6.04 Å². The first-order valence-electron chi connectivity index (χ1n) is 4.88. The second-order valence-electron chi connectivity index (χ2n) is 3.62. The van der Waals surface area contributed by atoms with Gasteiger partial charge in [-0.25, -0.2) is 0 Å². The van der Waals surface area contributed by atoms with Crippen molar-refractivity contribution in [3.63, 3.8) is 0 Å². The van der Waals surface area contributed by atoms with Gasteiger partial charge in [0.2, 0.25) is 0 Å². The molecule has 1 aromatic carbocycles. The van der Waals surface area contributed by atoms with Crippen molar-refractivity contribution in [1.82, 2.24) is 5.32 Å². The molecule has 1 saturated heterocycles. The molecule has 3 heteroatoms. The van der Waals surface area contributed by atoms with Crippen LogP contribution in [0.2, 0.25) is 0 Å². The number of phenols is 1. The molecule has 0 radical (unpaired) electrons. The predicted octanol–water partition coefficient (Wildman–Crippen LogP) is 1.36. The van der Waals surface area contributed by atoms with Gasteiger partial charge in [-0.05, 0) is 30.2 Å². The third kappa shape index (κ3) is 1.89. The van der Waals surface area contributed by atoms with Crippen molar-refractivity contribution in [3.8, 4) is 5.75 Å². The highest BCUT2D eigenvalue weighted by Crippen LogP contribution is 2.23. The monoisotopic (exact) mass is 193 g/mol. The number of ether oxygens (including phenoxy) is 1. The van der Waals surface area contributed by atoms with E-state index < -0.39 is 0 Å². The molecule has 2 rings (SSSR count). The van der Waals surface area contributed by atoms with E-state index in [2.05, 4.69) is 5.32 Å². The van der Waals surface area contributed by atoms with E-state index in [0.29, 0.717) is 12.4 Å². The van der Waals surface area contributed by atoms with Crippen LogP contribution < -0.4 is 5.32 Å². The molecule has 0 saturated carbocycles. The smallest absolute Gasteiger partial charge is 0.115 e. The van der Waals surface area contributed by atoms with Crippen LogP contribution in [-0.4, -0.2) is 24.9 Å². The van der Waals surface area contributed by atoms with E-state index in [4.69, 9.17) is 4.74 Å². The molecule has 1 aliphatic rings. The van der Waals surface area contributed by atoms with E-state index in [1.165, 1.54) is 5.56 Å². The van der Waals surface area contributed by atoms with E-state index >= 15 is 0 Å². The SMILES string of the molecule is Cc1ccc(O)cc1[C@H]1COCCN1. The standard InChI is InChI=1S/C11H15NO2/c1-8-2-3-9(13)6-10(8)11-7-14-5-4-12-11/h2-3,6,11-13H,4-5,7H2,1H3/t11-/m1/s1. The fraction of sp³-hybridized carbons (Fsp3) is 0.455. The Morgan fingerprint density at radius 3 is 3.07 bits per heavy atom. The van der Waals surface area contributed by atoms with Crippen LogP contribution in [0.4, 0.5) is 0 Å². The summed E-state index contributed by atoms with van der Waals surface area (Å²) in [4.78, 5) is 0. The molecular formula is C11H15NO2. The summed E-state index contributed by atoms with van der Waals surface area (Å²) in [5.74, 6) is 0.318. The Labute approximate surface area is 83.7 Å². The lowest BCUT2D eigenvalue weighted by atomic mass is 10.0. The van der Waals surface area contributed by atoms with Crippen LogP contribution in [0.5, 0.6) is 5.75 Å². The van der Waals surface area contributed by atoms with E-state index in [9.17, 15) is 5.11 Å². The first kappa shape index (κ1) is 9.49. The van der Waals surface area contributed by atoms with Crippen molar-refractivity contribution in [2.24, 2.45) is 0 Å². The molecule has 0 unspecified atom stereocenters. The fourth-order valence-corrected chi connectivity index (χ4v) is 1.77. The zero-order valence-electron chi connectivity index (χ0n) is 8.29. The van der Waals surface area contributed by atoms with Crippen LogP contribution in [0.1, 0.15) is 17.2 Å². The first-order valence-corrected chi connectivity index (χ1v) is 4.88. The molecule has 14 heavy (non-hydrogen) atoms. The summed E-state index contributed by atoms with van der Waals surface area (Å²) < 4.78 is 5.39. The van der Waals surface area contributed by atoms with Gasteiger partial charge in [0.25, 0.3) is 0 Å². The summed E-state index contributed by atoms with van der Waals surface area (Å²) in [5.41, 5.74) is 2.32. The number of morpholine rings is 1. The second-order valence-corrected chi connectivity index (χ2v) is 3.62. The van der Waals surface area contributed by atoms with Gasteiger partial charge in [-0.1, -0.05) is 6.07 Å². The molecule has 3 nitrogen and oxygen atoms in total. The molecule has 1 fully saturated rings. The zero-order valence-corrected chi connectivity index (χ0v) is 8.29. The summed E-state index contributed by atoms with van der Waals surface area (Å²) in [6, 6.07) is 5.67. The highest BCUT2D eigenvalue weighted by Gasteiger charge is 2.17. The van der Waals surface area contributed by atoms with Crippen LogP contribution in [0.3, 0.4) is 0 Å². The predicted molar refractivity (Wildman–Crippen MR) is 54.4 cm³/mol. The van der Waals surface area contributed by atoms with Crippen molar-refractivity contribution < 1.29 is 9.84 Å². The molecule has 76 valence electrons. The molecule has 0 aliphatic carbocycles. The number of benzene rings is 1. The molecule has 1 aliphatic heterocycles. The van der Waals surface area contributed by atoms with Crippen LogP contribution in [0.15, 0.2) is 18.2 Å². The zero-order chi connectivity index (χ0) is 9.97. The Balaban J connectivity index is 2.24. The van der Waals surface area contributed by atoms with Gasteiger partial charge in [0, 0.05) is 6.54 Å². The van der Waals surface area contributed by atoms with Gasteiger partial charge < -0.3 is 15.2 Å². The van der Waals surface area contributed by atoms with Crippen LogP contribution >= 0.6 is 0 Å². The average molecular weight is 193 g/mol. The Morgan fingerprint density at radius 1 is 1.50 bits per heavy atom. The fourth-order valence-electron chi connectivity index (χ4n) is 1.77. The molecule has 1 aromatic rings. The van der Waals surface area contributed by atoms with Crippen molar-refractivity contribution >= 4 is 0 Å². The second kappa shape index (κ2) is 3.98. The molecule has 1 heterocycles. The normalized spacial score (nSPS) is 22.2. The summed E-state index contributed by atoms with van der Waals surface area (Å²) in [5, 5.41) is 12.8. The number of nitrogens with one attached hydrogen (secondary N) is 1. The molecule has 1 atom stereocenters. The van der Waals surface area contributed by atoms with Crippen LogP contribution in [0.25, 0.3) is 0 Å². The average Bonchev–Trinajstić information content (AvgIpc) is 2.23. The highest BCUT2D eigenvalue weighted by atomic mass is 16.5. The summed E-state index contributed by atoms with van der Waals surface area (Å²) in [6.07, 6.45) is 0. The van der Waals surface area contributed by atoms with E-state index in [1.807, 2.05) is 19.1 Å². The summed E-state index contributed by atoms with van der Waals surface area (Å²) >= 11 is 0. The van der Waals surface area contributed by atoms with E-state index in [0.717, 1.165) is 18.7 Å². The largest absolute Gasteiger partial charge is 0.508 e.